The molecule has 3 heteroatoms. The number of nitrogens with zero attached hydrogens (tertiary/aromatic N) is 3. The van der Waals surface area contributed by atoms with Crippen LogP contribution in [0.15, 0.2) is 36.4 Å². The first-order valence-corrected chi connectivity index (χ1v) is 10.9. The van der Waals surface area contributed by atoms with Gasteiger partial charge in [0.15, 0.2) is 0 Å². The smallest absolute Gasteiger partial charge is 0.0300 e. The molecule has 0 aromatic heterocycles. The lowest BCUT2D eigenvalue weighted by Crippen LogP contribution is -2.36. The maximum absolute atomic E-state index is 2.61. The van der Waals surface area contributed by atoms with Crippen molar-refractivity contribution in [2.45, 2.75) is 25.7 Å². The summed E-state index contributed by atoms with van der Waals surface area (Å²) in [5, 5.41) is 5.50. The average molecular weight is 374 g/mol. The normalized spacial score (nSPS) is 20.3. The number of rotatable bonds is 3. The number of likely N-dealkylation sites (N-methyl/N-ethyl adjacent to an activating group) is 1. The molecular formula is C25H31N3. The fourth-order valence-corrected chi connectivity index (χ4v) is 4.83. The second kappa shape index (κ2) is 7.63. The maximum atomic E-state index is 2.61. The Morgan fingerprint density at radius 3 is 2.07 bits per heavy atom. The van der Waals surface area contributed by atoms with E-state index in [0.717, 1.165) is 32.5 Å². The fraction of sp³-hybridized carbons (Fsp3) is 0.440. The molecule has 3 aliphatic heterocycles. The minimum Gasteiger partial charge on any atom is -0.380 e. The van der Waals surface area contributed by atoms with Crippen LogP contribution in [-0.4, -0.2) is 61.0 Å². The Kier molecular flexibility index (Phi) is 4.86. The lowest BCUT2D eigenvalue weighted by Gasteiger charge is -2.27. The van der Waals surface area contributed by atoms with Gasteiger partial charge in [-0.1, -0.05) is 36.4 Å². The summed E-state index contributed by atoms with van der Waals surface area (Å²) in [6, 6.07) is 14.0. The lowest BCUT2D eigenvalue weighted by atomic mass is 10.0. The first-order chi connectivity index (χ1) is 13.7. The van der Waals surface area contributed by atoms with Crippen LogP contribution >= 0.6 is 0 Å². The second-order valence-corrected chi connectivity index (χ2v) is 8.65. The zero-order chi connectivity index (χ0) is 18.9. The summed E-state index contributed by atoms with van der Waals surface area (Å²) in [5.74, 6) is 0. The van der Waals surface area contributed by atoms with Gasteiger partial charge in [0.25, 0.3) is 0 Å². The third kappa shape index (κ3) is 3.68. The van der Waals surface area contributed by atoms with Crippen LogP contribution in [0.5, 0.6) is 0 Å². The van der Waals surface area contributed by atoms with Crippen LogP contribution < -0.4 is 10.4 Å². The van der Waals surface area contributed by atoms with Gasteiger partial charge < -0.3 is 14.7 Å². The van der Waals surface area contributed by atoms with Gasteiger partial charge in [-0.25, -0.2) is 0 Å². The molecule has 3 heterocycles. The first-order valence-electron chi connectivity index (χ1n) is 10.9. The van der Waals surface area contributed by atoms with E-state index in [1.165, 1.54) is 64.5 Å². The van der Waals surface area contributed by atoms with E-state index in [1.807, 2.05) is 0 Å². The Labute approximate surface area is 167 Å². The molecule has 0 unspecified atom stereocenters. The predicted molar refractivity (Wildman–Crippen MR) is 116 cm³/mol. The van der Waals surface area contributed by atoms with Gasteiger partial charge >= 0.3 is 0 Å². The predicted octanol–water partition coefficient (Wildman–Crippen LogP) is 1.89. The summed E-state index contributed by atoms with van der Waals surface area (Å²) >= 11 is 0. The molecule has 1 fully saturated rings. The average Bonchev–Trinajstić information content (AvgIpc) is 3.25. The molecule has 3 aliphatic rings. The lowest BCUT2D eigenvalue weighted by molar-refractivity contribution is 0.287. The quantitative estimate of drug-likeness (QED) is 0.814. The van der Waals surface area contributed by atoms with E-state index in [0.29, 0.717) is 0 Å². The van der Waals surface area contributed by atoms with Crippen molar-refractivity contribution < 1.29 is 0 Å². The Hall–Kier alpha value is -2.26. The van der Waals surface area contributed by atoms with Crippen LogP contribution in [0, 0.1) is 10.4 Å². The van der Waals surface area contributed by atoms with Gasteiger partial charge in [-0.05, 0) is 70.8 Å². The van der Waals surface area contributed by atoms with Crippen molar-refractivity contribution in [1.82, 2.24) is 14.7 Å². The van der Waals surface area contributed by atoms with Gasteiger partial charge in [-0.15, -0.1) is 0 Å². The maximum Gasteiger partial charge on any atom is 0.0300 e. The van der Waals surface area contributed by atoms with E-state index in [4.69, 9.17) is 0 Å². The van der Waals surface area contributed by atoms with Crippen LogP contribution in [0.4, 0.5) is 0 Å². The molecule has 5 rings (SSSR count). The molecule has 0 atom stereocenters. The van der Waals surface area contributed by atoms with E-state index < -0.39 is 0 Å². The van der Waals surface area contributed by atoms with Crippen molar-refractivity contribution >= 4 is 12.4 Å². The molecule has 3 nitrogen and oxygen atoms in total. The van der Waals surface area contributed by atoms with Crippen LogP contribution in [-0.2, 0) is 12.8 Å². The first kappa shape index (κ1) is 17.8. The Balaban J connectivity index is 1.43. The van der Waals surface area contributed by atoms with E-state index in [9.17, 15) is 0 Å². The Morgan fingerprint density at radius 2 is 1.36 bits per heavy atom. The second-order valence-electron chi connectivity index (χ2n) is 8.65. The minimum absolute atomic E-state index is 1.11. The summed E-state index contributed by atoms with van der Waals surface area (Å²) in [6.45, 7) is 7.23. The summed E-state index contributed by atoms with van der Waals surface area (Å²) in [7, 11) is 2.16. The van der Waals surface area contributed by atoms with Crippen LogP contribution in [0.2, 0.25) is 0 Å². The number of hydrogen-bond donors (Lipinski definition) is 0. The van der Waals surface area contributed by atoms with Gasteiger partial charge in [-0.2, -0.15) is 0 Å². The fourth-order valence-electron chi connectivity index (χ4n) is 4.83. The van der Waals surface area contributed by atoms with Crippen molar-refractivity contribution in [1.29, 1.82) is 0 Å². The summed E-state index contributed by atoms with van der Waals surface area (Å²) in [5.41, 5.74) is 2.98. The molecule has 28 heavy (non-hydrogen) atoms. The molecule has 0 bridgehead atoms. The van der Waals surface area contributed by atoms with E-state index in [-0.39, 0.29) is 0 Å². The summed E-state index contributed by atoms with van der Waals surface area (Å²) in [6.07, 6.45) is 9.71. The molecule has 0 saturated carbocycles. The monoisotopic (exact) mass is 373 g/mol. The van der Waals surface area contributed by atoms with Gasteiger partial charge in [0.2, 0.25) is 0 Å². The van der Waals surface area contributed by atoms with Crippen LogP contribution in [0.25, 0.3) is 12.4 Å². The van der Waals surface area contributed by atoms with Crippen molar-refractivity contribution in [2.75, 3.05) is 46.3 Å². The van der Waals surface area contributed by atoms with Gasteiger partial charge in [0, 0.05) is 45.6 Å². The van der Waals surface area contributed by atoms with Crippen molar-refractivity contribution in [3.8, 4) is 0 Å². The number of likely N-dealkylation sites (tertiary alicyclic amines) is 1. The van der Waals surface area contributed by atoms with Crippen molar-refractivity contribution in [2.24, 2.45) is 0 Å². The van der Waals surface area contributed by atoms with Gasteiger partial charge in [-0.3, -0.25) is 0 Å². The highest BCUT2D eigenvalue weighted by atomic mass is 15.2. The highest BCUT2D eigenvalue weighted by molar-refractivity contribution is 5.36. The van der Waals surface area contributed by atoms with Crippen molar-refractivity contribution in [3.63, 3.8) is 0 Å². The van der Waals surface area contributed by atoms with Crippen LogP contribution in [0.3, 0.4) is 0 Å². The molecule has 1 saturated heterocycles. The van der Waals surface area contributed by atoms with E-state index in [1.54, 1.807) is 0 Å². The molecule has 0 amide bonds. The highest BCUT2D eigenvalue weighted by Gasteiger charge is 2.14. The largest absolute Gasteiger partial charge is 0.380 e. The molecule has 146 valence electrons. The molecular weight excluding hydrogens is 342 g/mol. The number of benzene rings is 2. The third-order valence-corrected chi connectivity index (χ3v) is 6.60. The summed E-state index contributed by atoms with van der Waals surface area (Å²) < 4.78 is 0. The van der Waals surface area contributed by atoms with Gasteiger partial charge in [0.1, 0.15) is 0 Å². The Morgan fingerprint density at radius 1 is 0.714 bits per heavy atom. The SMILES string of the molecule is CN1C=c2ccc(=c3ccc4c(c3)CCN(CCN3CCCC3)C=4)cc2CC1. The van der Waals surface area contributed by atoms with Crippen LogP contribution in [0.1, 0.15) is 24.0 Å². The highest BCUT2D eigenvalue weighted by Crippen LogP contribution is 2.10. The molecule has 0 spiro atoms. The van der Waals surface area contributed by atoms with Gasteiger partial charge in [0.05, 0.1) is 0 Å². The topological polar surface area (TPSA) is 9.72 Å². The Bertz CT molecular complexity index is 1070. The number of hydrogen-bond acceptors (Lipinski definition) is 3. The molecule has 0 radical (unpaired) electrons. The standard InChI is InChI=1S/C25H31N3/c1-26-12-8-22-16-20(4-6-24(22)18-26)21-5-7-25-19-28(13-9-23(25)17-21)15-14-27-10-2-3-11-27/h4-7,16-19H,2-3,8-15H2,1H3. The molecule has 2 aromatic rings. The molecule has 0 aliphatic carbocycles. The zero-order valence-electron chi connectivity index (χ0n) is 17.0. The molecule has 2 aromatic carbocycles. The zero-order valence-corrected chi connectivity index (χ0v) is 17.0. The number of fused-ring (bicyclic) bond motifs is 2. The summed E-state index contributed by atoms with van der Waals surface area (Å²) in [4.78, 5) is 7.41. The van der Waals surface area contributed by atoms with E-state index in [2.05, 4.69) is 70.5 Å². The minimum atomic E-state index is 1.11. The van der Waals surface area contributed by atoms with Crippen molar-refractivity contribution in [3.05, 3.63) is 68.4 Å². The van der Waals surface area contributed by atoms with E-state index >= 15 is 0 Å². The third-order valence-electron chi connectivity index (χ3n) is 6.60. The molecule has 0 N–H and O–H groups in total.